The predicted octanol–water partition coefficient (Wildman–Crippen LogP) is 2.15. The highest BCUT2D eigenvalue weighted by Gasteiger charge is 2.20. The number of anilines is 1. The van der Waals surface area contributed by atoms with Crippen molar-refractivity contribution in [3.8, 4) is 5.69 Å². The third-order valence-corrected chi connectivity index (χ3v) is 2.61. The Bertz CT molecular complexity index is 682. The second-order valence-corrected chi connectivity index (χ2v) is 4.20. The largest absolute Gasteiger partial charge is 0.462 e. The lowest BCUT2D eigenvalue weighted by Gasteiger charge is -2.09. The smallest absolute Gasteiger partial charge is 0.343 e. The molecule has 6 nitrogen and oxygen atoms in total. The van der Waals surface area contributed by atoms with E-state index in [0.29, 0.717) is 5.69 Å². The number of nitrogens with one attached hydrogen (secondary N) is 1. The maximum atomic E-state index is 13.3. The molecular formula is C14H14FN3O3. The van der Waals surface area contributed by atoms with Crippen LogP contribution in [0, 0.1) is 5.82 Å². The normalized spacial score (nSPS) is 10.2. The third kappa shape index (κ3) is 3.25. The Kier molecular flexibility index (Phi) is 4.32. The van der Waals surface area contributed by atoms with Gasteiger partial charge in [-0.25, -0.2) is 13.9 Å². The van der Waals surface area contributed by atoms with Crippen LogP contribution >= 0.6 is 0 Å². The summed E-state index contributed by atoms with van der Waals surface area (Å²) in [5, 5.41) is 6.54. The van der Waals surface area contributed by atoms with Gasteiger partial charge in [0.25, 0.3) is 0 Å². The highest BCUT2D eigenvalue weighted by molar-refractivity contribution is 5.99. The van der Waals surface area contributed by atoms with Gasteiger partial charge in [0.05, 0.1) is 18.5 Å². The van der Waals surface area contributed by atoms with Gasteiger partial charge in [0.2, 0.25) is 5.91 Å². The number of carbonyl (C=O) groups is 2. The lowest BCUT2D eigenvalue weighted by molar-refractivity contribution is -0.114. The number of ether oxygens (including phenoxy) is 1. The van der Waals surface area contributed by atoms with E-state index in [1.807, 2.05) is 0 Å². The topological polar surface area (TPSA) is 73.2 Å². The molecule has 1 aromatic heterocycles. The number of hydrogen-bond acceptors (Lipinski definition) is 4. The minimum absolute atomic E-state index is 0.108. The zero-order valence-corrected chi connectivity index (χ0v) is 11.6. The van der Waals surface area contributed by atoms with Crippen molar-refractivity contribution in [2.75, 3.05) is 11.9 Å². The molecular weight excluding hydrogens is 277 g/mol. The van der Waals surface area contributed by atoms with Crippen molar-refractivity contribution in [2.24, 2.45) is 0 Å². The number of hydrogen-bond donors (Lipinski definition) is 1. The van der Waals surface area contributed by atoms with Crippen LogP contribution in [0.4, 0.5) is 10.2 Å². The number of esters is 1. The fourth-order valence-electron chi connectivity index (χ4n) is 1.80. The number of nitrogens with zero attached hydrogens (tertiary/aromatic N) is 2. The Labute approximate surface area is 120 Å². The van der Waals surface area contributed by atoms with Crippen LogP contribution in [0.25, 0.3) is 5.69 Å². The Morgan fingerprint density at radius 3 is 2.81 bits per heavy atom. The molecule has 0 radical (unpaired) electrons. The average molecular weight is 291 g/mol. The van der Waals surface area contributed by atoms with Crippen molar-refractivity contribution in [2.45, 2.75) is 13.8 Å². The molecule has 0 bridgehead atoms. The molecule has 21 heavy (non-hydrogen) atoms. The van der Waals surface area contributed by atoms with Gasteiger partial charge in [-0.3, -0.25) is 4.79 Å². The molecule has 2 aromatic rings. The number of halogens is 1. The van der Waals surface area contributed by atoms with Gasteiger partial charge in [0.1, 0.15) is 11.4 Å². The average Bonchev–Trinajstić information content (AvgIpc) is 2.82. The van der Waals surface area contributed by atoms with Crippen molar-refractivity contribution >= 4 is 17.7 Å². The number of rotatable bonds is 4. The minimum atomic E-state index is -0.607. The Balaban J connectivity index is 2.51. The zero-order chi connectivity index (χ0) is 15.4. The predicted molar refractivity (Wildman–Crippen MR) is 73.8 cm³/mol. The lowest BCUT2D eigenvalue weighted by Crippen LogP contribution is -2.15. The standard InChI is InChI=1S/C14H14FN3O3/c1-3-21-14(20)12-8-16-18(13(12)17-9(2)19)11-6-4-5-10(15)7-11/h4-8H,3H2,1-2H3,(H,17,19). The molecule has 0 atom stereocenters. The van der Waals surface area contributed by atoms with Gasteiger partial charge >= 0.3 is 5.97 Å². The maximum absolute atomic E-state index is 13.3. The van der Waals surface area contributed by atoms with Crippen molar-refractivity contribution in [1.29, 1.82) is 0 Å². The van der Waals surface area contributed by atoms with Crippen LogP contribution in [0.1, 0.15) is 24.2 Å². The number of aromatic nitrogens is 2. The van der Waals surface area contributed by atoms with Gasteiger partial charge < -0.3 is 10.1 Å². The van der Waals surface area contributed by atoms with Crippen LogP contribution in [0.15, 0.2) is 30.5 Å². The SMILES string of the molecule is CCOC(=O)c1cnn(-c2cccc(F)c2)c1NC(C)=O. The summed E-state index contributed by atoms with van der Waals surface area (Å²) in [7, 11) is 0. The molecule has 0 aliphatic rings. The maximum Gasteiger partial charge on any atom is 0.343 e. The monoisotopic (exact) mass is 291 g/mol. The zero-order valence-electron chi connectivity index (χ0n) is 11.6. The molecule has 0 saturated carbocycles. The van der Waals surface area contributed by atoms with Crippen LogP contribution in [0.5, 0.6) is 0 Å². The van der Waals surface area contributed by atoms with E-state index in [9.17, 15) is 14.0 Å². The fraction of sp³-hybridized carbons (Fsp3) is 0.214. The van der Waals surface area contributed by atoms with Crippen molar-refractivity contribution in [3.05, 3.63) is 41.8 Å². The van der Waals surface area contributed by atoms with Crippen LogP contribution in [0.3, 0.4) is 0 Å². The molecule has 0 aliphatic heterocycles. The first-order valence-corrected chi connectivity index (χ1v) is 6.31. The molecule has 0 saturated heterocycles. The molecule has 110 valence electrons. The van der Waals surface area contributed by atoms with Crippen molar-refractivity contribution in [1.82, 2.24) is 9.78 Å². The van der Waals surface area contributed by atoms with Gasteiger partial charge in [0, 0.05) is 6.92 Å². The molecule has 0 unspecified atom stereocenters. The molecule has 7 heteroatoms. The van der Waals surface area contributed by atoms with E-state index in [0.717, 1.165) is 0 Å². The summed E-state index contributed by atoms with van der Waals surface area (Å²) in [6.07, 6.45) is 1.27. The van der Waals surface area contributed by atoms with E-state index >= 15 is 0 Å². The summed E-state index contributed by atoms with van der Waals surface area (Å²) in [5.41, 5.74) is 0.491. The van der Waals surface area contributed by atoms with E-state index in [4.69, 9.17) is 4.74 Å². The number of amides is 1. The van der Waals surface area contributed by atoms with E-state index < -0.39 is 11.8 Å². The molecule has 1 aromatic carbocycles. The van der Waals surface area contributed by atoms with Gasteiger partial charge in [-0.05, 0) is 25.1 Å². The Morgan fingerprint density at radius 1 is 1.43 bits per heavy atom. The number of carbonyl (C=O) groups excluding carboxylic acids is 2. The summed E-state index contributed by atoms with van der Waals surface area (Å²) >= 11 is 0. The first kappa shape index (κ1) is 14.7. The molecule has 0 aliphatic carbocycles. The summed E-state index contributed by atoms with van der Waals surface area (Å²) in [4.78, 5) is 23.2. The van der Waals surface area contributed by atoms with E-state index in [-0.39, 0.29) is 23.9 Å². The molecule has 2 rings (SSSR count). The van der Waals surface area contributed by atoms with Gasteiger partial charge in [-0.15, -0.1) is 0 Å². The summed E-state index contributed by atoms with van der Waals surface area (Å²) in [6.45, 7) is 3.17. The second-order valence-electron chi connectivity index (χ2n) is 4.20. The van der Waals surface area contributed by atoms with E-state index in [1.54, 1.807) is 13.0 Å². The second kappa shape index (κ2) is 6.17. The molecule has 1 amide bonds. The van der Waals surface area contributed by atoms with Crippen molar-refractivity contribution in [3.63, 3.8) is 0 Å². The Morgan fingerprint density at radius 2 is 2.19 bits per heavy atom. The van der Waals surface area contributed by atoms with Gasteiger partial charge in [0.15, 0.2) is 5.82 Å². The molecule has 1 heterocycles. The third-order valence-electron chi connectivity index (χ3n) is 2.61. The summed E-state index contributed by atoms with van der Waals surface area (Å²) in [6, 6.07) is 5.65. The molecule has 1 N–H and O–H groups in total. The minimum Gasteiger partial charge on any atom is -0.462 e. The van der Waals surface area contributed by atoms with Gasteiger partial charge in [-0.1, -0.05) is 6.07 Å². The lowest BCUT2D eigenvalue weighted by atomic mass is 10.3. The summed E-state index contributed by atoms with van der Waals surface area (Å²) in [5.74, 6) is -1.29. The van der Waals surface area contributed by atoms with Crippen molar-refractivity contribution < 1.29 is 18.7 Å². The summed E-state index contributed by atoms with van der Waals surface area (Å²) < 4.78 is 19.5. The fourth-order valence-corrected chi connectivity index (χ4v) is 1.80. The molecule has 0 spiro atoms. The highest BCUT2D eigenvalue weighted by Crippen LogP contribution is 2.21. The van der Waals surface area contributed by atoms with Crippen LogP contribution in [-0.4, -0.2) is 28.3 Å². The van der Waals surface area contributed by atoms with E-state index in [1.165, 1.54) is 36.0 Å². The first-order chi connectivity index (χ1) is 10.0. The Hall–Kier alpha value is -2.70. The van der Waals surface area contributed by atoms with Crippen LogP contribution < -0.4 is 5.32 Å². The number of benzene rings is 1. The molecule has 0 fully saturated rings. The van der Waals surface area contributed by atoms with E-state index in [2.05, 4.69) is 10.4 Å². The van der Waals surface area contributed by atoms with Crippen LogP contribution in [-0.2, 0) is 9.53 Å². The first-order valence-electron chi connectivity index (χ1n) is 6.31. The van der Waals surface area contributed by atoms with Crippen LogP contribution in [0.2, 0.25) is 0 Å². The quantitative estimate of drug-likeness (QED) is 0.876. The highest BCUT2D eigenvalue weighted by atomic mass is 19.1. The van der Waals surface area contributed by atoms with Gasteiger partial charge in [-0.2, -0.15) is 5.10 Å².